The first-order valence-electron chi connectivity index (χ1n) is 7.49. The van der Waals surface area contributed by atoms with Gasteiger partial charge in [-0.05, 0) is 47.0 Å². The lowest BCUT2D eigenvalue weighted by molar-refractivity contribution is 0.0227. The summed E-state index contributed by atoms with van der Waals surface area (Å²) >= 11 is 3.44. The van der Waals surface area contributed by atoms with E-state index in [0.717, 1.165) is 10.9 Å². The van der Waals surface area contributed by atoms with Gasteiger partial charge in [-0.1, -0.05) is 31.5 Å². The number of pyridine rings is 1. The molecule has 0 bridgehead atoms. The number of hydrogen-bond donors (Lipinski definition) is 1. The van der Waals surface area contributed by atoms with Gasteiger partial charge in [0, 0.05) is 11.6 Å². The largest absolute Gasteiger partial charge is 0.377 e. The van der Waals surface area contributed by atoms with Gasteiger partial charge in [-0.25, -0.2) is 15.0 Å². The Morgan fingerprint density at radius 2 is 1.96 bits per heavy atom. The second-order valence-electron chi connectivity index (χ2n) is 6.03. The van der Waals surface area contributed by atoms with Gasteiger partial charge in [0.25, 0.3) is 0 Å². The molecule has 3 aromatic rings. The quantitative estimate of drug-likeness (QED) is 0.755. The van der Waals surface area contributed by atoms with Crippen molar-refractivity contribution in [2.75, 3.05) is 0 Å². The third-order valence-corrected chi connectivity index (χ3v) is 4.68. The normalized spacial score (nSPS) is 14.2. The molecule has 0 aliphatic heterocycles. The summed E-state index contributed by atoms with van der Waals surface area (Å²) in [7, 11) is 0. The Labute approximate surface area is 143 Å². The van der Waals surface area contributed by atoms with Gasteiger partial charge in [0.15, 0.2) is 5.60 Å². The van der Waals surface area contributed by atoms with Crippen LogP contribution in [0, 0.1) is 12.8 Å². The molecule has 4 nitrogen and oxygen atoms in total. The Bertz CT molecular complexity index is 866. The SMILES string of the molecule is Cc1ccc2nc(C(O)(c3ncncc3Br)C(C)C)ccc2c1. The molecule has 2 heterocycles. The maximum atomic E-state index is 11.4. The molecule has 1 N–H and O–H groups in total. The summed E-state index contributed by atoms with van der Waals surface area (Å²) in [6, 6.07) is 9.95. The average Bonchev–Trinajstić information content (AvgIpc) is 2.54. The second-order valence-corrected chi connectivity index (χ2v) is 6.89. The average molecular weight is 372 g/mol. The van der Waals surface area contributed by atoms with Crippen LogP contribution in [0.5, 0.6) is 0 Å². The second kappa shape index (κ2) is 5.98. The number of benzene rings is 1. The maximum Gasteiger partial charge on any atom is 0.152 e. The lowest BCUT2D eigenvalue weighted by atomic mass is 9.83. The van der Waals surface area contributed by atoms with E-state index in [2.05, 4.69) is 38.9 Å². The topological polar surface area (TPSA) is 58.9 Å². The van der Waals surface area contributed by atoms with Gasteiger partial charge in [0.2, 0.25) is 0 Å². The summed E-state index contributed by atoms with van der Waals surface area (Å²) in [5.41, 5.74) is 1.87. The van der Waals surface area contributed by atoms with E-state index in [0.29, 0.717) is 15.9 Å². The molecule has 5 heteroatoms. The van der Waals surface area contributed by atoms with Gasteiger partial charge in [-0.2, -0.15) is 0 Å². The molecule has 118 valence electrons. The van der Waals surface area contributed by atoms with Crippen LogP contribution in [0.1, 0.15) is 30.8 Å². The molecule has 0 spiro atoms. The predicted octanol–water partition coefficient (Wildman–Crippen LogP) is 3.99. The fourth-order valence-corrected chi connectivity index (χ4v) is 3.26. The number of aryl methyl sites for hydroxylation is 1. The number of rotatable bonds is 3. The molecule has 0 amide bonds. The van der Waals surface area contributed by atoms with Crippen molar-refractivity contribution in [1.82, 2.24) is 15.0 Å². The first kappa shape index (κ1) is 16.0. The third kappa shape index (κ3) is 2.75. The molecule has 23 heavy (non-hydrogen) atoms. The Kier molecular flexibility index (Phi) is 4.17. The number of fused-ring (bicyclic) bond motifs is 1. The fourth-order valence-electron chi connectivity index (χ4n) is 2.74. The molecule has 1 atom stereocenters. The lowest BCUT2D eigenvalue weighted by Crippen LogP contribution is -2.36. The zero-order valence-corrected chi connectivity index (χ0v) is 14.9. The van der Waals surface area contributed by atoms with Crippen molar-refractivity contribution in [3.8, 4) is 0 Å². The van der Waals surface area contributed by atoms with E-state index >= 15 is 0 Å². The monoisotopic (exact) mass is 371 g/mol. The number of aliphatic hydroxyl groups is 1. The number of halogens is 1. The third-order valence-electron chi connectivity index (χ3n) is 4.10. The van der Waals surface area contributed by atoms with Crippen molar-refractivity contribution in [1.29, 1.82) is 0 Å². The van der Waals surface area contributed by atoms with Gasteiger partial charge in [-0.3, -0.25) is 0 Å². The Morgan fingerprint density at radius 1 is 1.17 bits per heavy atom. The van der Waals surface area contributed by atoms with Crippen LogP contribution >= 0.6 is 15.9 Å². The van der Waals surface area contributed by atoms with E-state index < -0.39 is 5.60 Å². The van der Waals surface area contributed by atoms with Crippen LogP contribution in [0.4, 0.5) is 0 Å². The zero-order chi connectivity index (χ0) is 16.6. The first-order valence-corrected chi connectivity index (χ1v) is 8.28. The summed E-state index contributed by atoms with van der Waals surface area (Å²) in [5.74, 6) is -0.107. The number of hydrogen-bond acceptors (Lipinski definition) is 4. The molecule has 0 fully saturated rings. The Balaban J connectivity index is 2.23. The molecule has 3 rings (SSSR count). The van der Waals surface area contributed by atoms with E-state index in [-0.39, 0.29) is 5.92 Å². The Hall–Kier alpha value is -1.85. The summed E-state index contributed by atoms with van der Waals surface area (Å²) in [4.78, 5) is 13.0. The van der Waals surface area contributed by atoms with Gasteiger partial charge in [-0.15, -0.1) is 0 Å². The molecular formula is C18H18BrN3O. The summed E-state index contributed by atoms with van der Waals surface area (Å²) in [6.45, 7) is 5.96. The number of nitrogens with zero attached hydrogens (tertiary/aromatic N) is 3. The van der Waals surface area contributed by atoms with E-state index in [1.54, 1.807) is 6.20 Å². The van der Waals surface area contributed by atoms with Gasteiger partial charge >= 0.3 is 0 Å². The van der Waals surface area contributed by atoms with Crippen molar-refractivity contribution in [2.24, 2.45) is 5.92 Å². The minimum atomic E-state index is -1.29. The van der Waals surface area contributed by atoms with Crippen molar-refractivity contribution in [3.63, 3.8) is 0 Å². The summed E-state index contributed by atoms with van der Waals surface area (Å²) < 4.78 is 0.669. The van der Waals surface area contributed by atoms with E-state index in [1.165, 1.54) is 11.9 Å². The van der Waals surface area contributed by atoms with Crippen LogP contribution in [0.25, 0.3) is 10.9 Å². The maximum absolute atomic E-state index is 11.4. The van der Waals surface area contributed by atoms with Crippen LogP contribution in [0.2, 0.25) is 0 Å². The molecule has 2 aromatic heterocycles. The van der Waals surface area contributed by atoms with Crippen molar-refractivity contribution in [2.45, 2.75) is 26.4 Å². The molecular weight excluding hydrogens is 354 g/mol. The summed E-state index contributed by atoms with van der Waals surface area (Å²) in [5, 5.41) is 12.5. The molecule has 0 saturated heterocycles. The standard InChI is InChI=1S/C18H18BrN3O/c1-11(2)18(23,17-14(19)9-20-10-21-17)16-7-5-13-8-12(3)4-6-15(13)22-16/h4-11,23H,1-3H3. The minimum absolute atomic E-state index is 0.107. The lowest BCUT2D eigenvalue weighted by Gasteiger charge is -2.31. The van der Waals surface area contributed by atoms with E-state index in [1.807, 2.05) is 38.1 Å². The highest BCUT2D eigenvalue weighted by molar-refractivity contribution is 9.10. The van der Waals surface area contributed by atoms with E-state index in [9.17, 15) is 5.11 Å². The van der Waals surface area contributed by atoms with E-state index in [4.69, 9.17) is 4.98 Å². The molecule has 1 aromatic carbocycles. The molecule has 0 aliphatic carbocycles. The highest BCUT2D eigenvalue weighted by Gasteiger charge is 2.39. The van der Waals surface area contributed by atoms with Gasteiger partial charge in [0.05, 0.1) is 21.4 Å². The first-order chi connectivity index (χ1) is 10.9. The van der Waals surface area contributed by atoms with Crippen LogP contribution in [0.3, 0.4) is 0 Å². The van der Waals surface area contributed by atoms with Crippen LogP contribution < -0.4 is 0 Å². The Morgan fingerprint density at radius 3 is 2.65 bits per heavy atom. The van der Waals surface area contributed by atoms with Crippen molar-refractivity contribution in [3.05, 3.63) is 64.3 Å². The highest BCUT2D eigenvalue weighted by atomic mass is 79.9. The van der Waals surface area contributed by atoms with Gasteiger partial charge in [0.1, 0.15) is 6.33 Å². The molecule has 0 saturated carbocycles. The number of aromatic nitrogens is 3. The molecule has 1 unspecified atom stereocenters. The minimum Gasteiger partial charge on any atom is -0.377 e. The van der Waals surface area contributed by atoms with Crippen molar-refractivity contribution >= 4 is 26.8 Å². The zero-order valence-electron chi connectivity index (χ0n) is 13.3. The summed E-state index contributed by atoms with van der Waals surface area (Å²) in [6.07, 6.45) is 3.08. The molecule has 0 aliphatic rings. The van der Waals surface area contributed by atoms with Crippen molar-refractivity contribution < 1.29 is 5.11 Å². The molecule has 0 radical (unpaired) electrons. The highest BCUT2D eigenvalue weighted by Crippen LogP contribution is 2.38. The van der Waals surface area contributed by atoms with Crippen LogP contribution in [0.15, 0.2) is 47.3 Å². The van der Waals surface area contributed by atoms with Gasteiger partial charge < -0.3 is 5.11 Å². The van der Waals surface area contributed by atoms with Crippen LogP contribution in [-0.2, 0) is 5.60 Å². The smallest absolute Gasteiger partial charge is 0.152 e. The van der Waals surface area contributed by atoms with Crippen LogP contribution in [-0.4, -0.2) is 20.1 Å². The predicted molar refractivity (Wildman–Crippen MR) is 94.0 cm³/mol. The fraction of sp³-hybridized carbons (Fsp3) is 0.278.